The number of rotatable bonds is 10. The summed E-state index contributed by atoms with van der Waals surface area (Å²) in [4.78, 5) is 5.02. The van der Waals surface area contributed by atoms with Crippen LogP contribution in [-0.2, 0) is 25.6 Å². The fraction of sp³-hybridized carbons (Fsp3) is 0.225. The minimum atomic E-state index is -1.01. The van der Waals surface area contributed by atoms with Gasteiger partial charge >= 0.3 is 0 Å². The van der Waals surface area contributed by atoms with Crippen molar-refractivity contribution in [3.05, 3.63) is 156 Å². The Bertz CT molecular complexity index is 1730. The average molecular weight is 660 g/mol. The van der Waals surface area contributed by atoms with E-state index in [1.54, 1.807) is 7.11 Å². The molecule has 7 nitrogen and oxygen atoms in total. The van der Waals surface area contributed by atoms with E-state index in [4.69, 9.17) is 28.7 Å². The molecule has 7 rings (SSSR count). The monoisotopic (exact) mass is 659 g/mol. The second kappa shape index (κ2) is 15.3. The van der Waals surface area contributed by atoms with E-state index in [0.717, 1.165) is 22.4 Å². The number of hydrogen-bond donors (Lipinski definition) is 1. The van der Waals surface area contributed by atoms with Crippen molar-refractivity contribution < 1.29 is 28.8 Å². The highest BCUT2D eigenvalue weighted by atomic mass is 31.1. The molecule has 2 aliphatic rings. The van der Waals surface area contributed by atoms with E-state index in [1.807, 2.05) is 79.0 Å². The molecule has 0 aromatic heterocycles. The minimum absolute atomic E-state index is 0.237. The van der Waals surface area contributed by atoms with E-state index >= 15 is 0 Å². The van der Waals surface area contributed by atoms with E-state index in [-0.39, 0.29) is 6.61 Å². The second-order valence-electron chi connectivity index (χ2n) is 11.7. The van der Waals surface area contributed by atoms with Crippen molar-refractivity contribution in [3.8, 4) is 5.75 Å². The van der Waals surface area contributed by atoms with Gasteiger partial charge in [-0.25, -0.2) is 0 Å². The number of methoxy groups -OCH3 is 1. The number of nitrogens with zero attached hydrogens (tertiary/aromatic N) is 1. The fourth-order valence-electron chi connectivity index (χ4n) is 6.10. The lowest BCUT2D eigenvalue weighted by atomic mass is 9.96. The van der Waals surface area contributed by atoms with Crippen LogP contribution in [0.3, 0.4) is 0 Å². The third kappa shape index (κ3) is 7.27. The number of benzene rings is 5. The first-order valence-corrected chi connectivity index (χ1v) is 17.4. The van der Waals surface area contributed by atoms with Gasteiger partial charge in [0.05, 0.1) is 20.3 Å². The fourth-order valence-corrected chi connectivity index (χ4v) is 8.53. The van der Waals surface area contributed by atoms with Crippen molar-refractivity contribution in [1.29, 1.82) is 0 Å². The summed E-state index contributed by atoms with van der Waals surface area (Å²) in [5, 5.41) is 15.6. The Morgan fingerprint density at radius 1 is 0.771 bits per heavy atom. The highest BCUT2D eigenvalue weighted by molar-refractivity contribution is 7.80. The first-order chi connectivity index (χ1) is 23.7. The highest BCUT2D eigenvalue weighted by Crippen LogP contribution is 2.37. The molecule has 2 saturated heterocycles. The SMILES string of the molecule is COc1ccc(C2OC[C@H]3O[C@H](OCc4ccccc4)[C@H](N=Cc4ccccc4P(c4ccccc4)c4ccccc4)[C@@H](O)[C@@H]3O2)cc1. The van der Waals surface area contributed by atoms with Gasteiger partial charge in [0.15, 0.2) is 12.6 Å². The number of fused-ring (bicyclic) bond motifs is 1. The van der Waals surface area contributed by atoms with Crippen molar-refractivity contribution in [2.24, 2.45) is 4.99 Å². The standard InChI is InChI=1S/C40H38NO6P/c1-43-31-23-21-29(22-24-31)39-45-27-34-38(47-39)37(42)36(40(46-34)44-26-28-13-5-2-6-14-28)41-25-30-15-11-12-20-35(30)48(32-16-7-3-8-17-32)33-18-9-4-10-19-33/h2-25,34,36-40,42H,26-27H2,1H3/t34-,36-,37-,38-,39?,40+/m1/s1. The first-order valence-electron chi connectivity index (χ1n) is 16.1. The first kappa shape index (κ1) is 32.4. The van der Waals surface area contributed by atoms with Gasteiger partial charge in [-0.1, -0.05) is 127 Å². The summed E-state index contributed by atoms with van der Waals surface area (Å²) < 4.78 is 30.5. The van der Waals surface area contributed by atoms with Crippen molar-refractivity contribution in [2.75, 3.05) is 13.7 Å². The Morgan fingerprint density at radius 2 is 1.40 bits per heavy atom. The molecule has 244 valence electrons. The van der Waals surface area contributed by atoms with E-state index in [0.29, 0.717) is 6.61 Å². The minimum Gasteiger partial charge on any atom is -0.497 e. The van der Waals surface area contributed by atoms with E-state index in [1.165, 1.54) is 15.9 Å². The van der Waals surface area contributed by atoms with Crippen LogP contribution in [0.1, 0.15) is 23.0 Å². The summed E-state index contributed by atoms with van der Waals surface area (Å²) in [6.07, 6.45) is -1.85. The quantitative estimate of drug-likeness (QED) is 0.154. The molecule has 48 heavy (non-hydrogen) atoms. The molecule has 6 atom stereocenters. The third-order valence-electron chi connectivity index (χ3n) is 8.57. The Labute approximate surface area is 282 Å². The van der Waals surface area contributed by atoms with Crippen LogP contribution in [0.15, 0.2) is 145 Å². The molecule has 0 amide bonds. The molecule has 1 unspecified atom stereocenters. The molecule has 8 heteroatoms. The van der Waals surface area contributed by atoms with Gasteiger partial charge in [-0.2, -0.15) is 0 Å². The van der Waals surface area contributed by atoms with Crippen LogP contribution in [0, 0.1) is 0 Å². The Morgan fingerprint density at radius 3 is 2.06 bits per heavy atom. The largest absolute Gasteiger partial charge is 0.497 e. The summed E-state index contributed by atoms with van der Waals surface area (Å²) in [7, 11) is 0.758. The average Bonchev–Trinajstić information content (AvgIpc) is 3.15. The van der Waals surface area contributed by atoms with E-state index in [9.17, 15) is 5.11 Å². The van der Waals surface area contributed by atoms with Crippen molar-refractivity contribution >= 4 is 30.0 Å². The van der Waals surface area contributed by atoms with Crippen molar-refractivity contribution in [3.63, 3.8) is 0 Å². The Balaban J connectivity index is 1.19. The van der Waals surface area contributed by atoms with Gasteiger partial charge in [-0.15, -0.1) is 0 Å². The highest BCUT2D eigenvalue weighted by Gasteiger charge is 2.50. The molecular formula is C40H38NO6P. The topological polar surface area (TPSA) is 78.7 Å². The van der Waals surface area contributed by atoms with E-state index < -0.39 is 44.9 Å². The maximum Gasteiger partial charge on any atom is 0.184 e. The number of aliphatic hydroxyl groups excluding tert-OH is 1. The summed E-state index contributed by atoms with van der Waals surface area (Å²) in [6, 6.07) is 46.1. The van der Waals surface area contributed by atoms with Crippen LogP contribution >= 0.6 is 7.92 Å². The predicted octanol–water partition coefficient (Wildman–Crippen LogP) is 5.66. The van der Waals surface area contributed by atoms with Gasteiger partial charge in [-0.05, 0) is 41.5 Å². The number of ether oxygens (including phenoxy) is 5. The van der Waals surface area contributed by atoms with Crippen LogP contribution in [-0.4, -0.2) is 55.7 Å². The molecule has 2 heterocycles. The van der Waals surface area contributed by atoms with Gasteiger partial charge in [0.25, 0.3) is 0 Å². The molecule has 5 aromatic carbocycles. The van der Waals surface area contributed by atoms with Crippen LogP contribution in [0.5, 0.6) is 5.75 Å². The zero-order chi connectivity index (χ0) is 32.7. The predicted molar refractivity (Wildman–Crippen MR) is 189 cm³/mol. The van der Waals surface area contributed by atoms with E-state index in [2.05, 4.69) is 66.7 Å². The lowest BCUT2D eigenvalue weighted by Gasteiger charge is -2.46. The van der Waals surface area contributed by atoms with Crippen molar-refractivity contribution in [2.45, 2.75) is 43.5 Å². The Hall–Kier alpha value is -4.20. The number of aliphatic imine (C=N–C) groups is 1. The molecule has 0 radical (unpaired) electrons. The van der Waals surface area contributed by atoms with Crippen LogP contribution < -0.4 is 20.7 Å². The zero-order valence-electron chi connectivity index (χ0n) is 26.6. The Kier molecular flexibility index (Phi) is 10.3. The maximum atomic E-state index is 11.9. The molecule has 0 bridgehead atoms. The molecule has 0 saturated carbocycles. The smallest absolute Gasteiger partial charge is 0.184 e. The zero-order valence-corrected chi connectivity index (χ0v) is 27.5. The van der Waals surface area contributed by atoms with Gasteiger partial charge < -0.3 is 28.8 Å². The molecular weight excluding hydrogens is 621 g/mol. The third-order valence-corrected chi connectivity index (χ3v) is 11.1. The van der Waals surface area contributed by atoms with Gasteiger partial charge in [0, 0.05) is 17.3 Å². The molecule has 5 aromatic rings. The molecule has 0 aliphatic carbocycles. The summed E-state index contributed by atoms with van der Waals surface area (Å²) in [5.41, 5.74) is 2.79. The number of aliphatic hydroxyl groups is 1. The van der Waals surface area contributed by atoms with Gasteiger partial charge in [-0.3, -0.25) is 4.99 Å². The molecule has 1 N–H and O–H groups in total. The molecule has 0 spiro atoms. The van der Waals surface area contributed by atoms with Crippen LogP contribution in [0.4, 0.5) is 0 Å². The van der Waals surface area contributed by atoms with Crippen LogP contribution in [0.2, 0.25) is 0 Å². The summed E-state index contributed by atoms with van der Waals surface area (Å²) in [6.45, 7) is 0.545. The molecule has 2 aliphatic heterocycles. The van der Waals surface area contributed by atoms with Gasteiger partial charge in [0.1, 0.15) is 30.1 Å². The number of hydrogen-bond acceptors (Lipinski definition) is 7. The van der Waals surface area contributed by atoms with Gasteiger partial charge in [0.2, 0.25) is 0 Å². The lowest BCUT2D eigenvalue weighted by Crippen LogP contribution is -2.61. The summed E-state index contributed by atoms with van der Waals surface area (Å²) in [5.74, 6) is 0.741. The molecule has 2 fully saturated rings. The van der Waals surface area contributed by atoms with Crippen molar-refractivity contribution in [1.82, 2.24) is 0 Å². The summed E-state index contributed by atoms with van der Waals surface area (Å²) >= 11 is 0. The second-order valence-corrected chi connectivity index (χ2v) is 13.9. The van der Waals surface area contributed by atoms with Crippen LogP contribution in [0.25, 0.3) is 0 Å². The maximum absolute atomic E-state index is 11.9. The lowest BCUT2D eigenvalue weighted by molar-refractivity contribution is -0.343. The normalized spacial score (nSPS) is 24.0.